The zero-order valence-corrected chi connectivity index (χ0v) is 35.1. The van der Waals surface area contributed by atoms with E-state index in [2.05, 4.69) is 177 Å². The molecule has 1 aliphatic carbocycles. The van der Waals surface area contributed by atoms with Gasteiger partial charge < -0.3 is 4.42 Å². The molecule has 0 saturated heterocycles. The SMILES string of the molecule is CC12C=CC=CC1c1c(cccc1-c1cccc(-c3nc(-c4ccccc4)nc(-c4cccc5oc6c(-c7ccc8c9ccccc9c9ccccc9c8c7)cccc6c45)n3)c1)S2. The van der Waals surface area contributed by atoms with Crippen molar-refractivity contribution in [2.75, 3.05) is 0 Å². The van der Waals surface area contributed by atoms with Crippen molar-refractivity contribution in [3.05, 3.63) is 206 Å². The van der Waals surface area contributed by atoms with Crippen LogP contribution in [-0.2, 0) is 0 Å². The van der Waals surface area contributed by atoms with Crippen LogP contribution in [0.4, 0.5) is 0 Å². The van der Waals surface area contributed by atoms with E-state index in [1.54, 1.807) is 0 Å². The summed E-state index contributed by atoms with van der Waals surface area (Å²) in [6.45, 7) is 2.34. The number of hydrogen-bond donors (Lipinski definition) is 0. The van der Waals surface area contributed by atoms with Crippen LogP contribution in [0.2, 0.25) is 0 Å². The molecule has 0 spiro atoms. The van der Waals surface area contributed by atoms with Crippen molar-refractivity contribution in [3.63, 3.8) is 0 Å². The third-order valence-electron chi connectivity index (χ3n) is 13.1. The van der Waals surface area contributed by atoms with Gasteiger partial charge >= 0.3 is 0 Å². The lowest BCUT2D eigenvalue weighted by molar-refractivity contribution is 0.670. The largest absolute Gasteiger partial charge is 0.455 e. The Kier molecular flexibility index (Phi) is 8.00. The van der Waals surface area contributed by atoms with Crippen LogP contribution in [0.3, 0.4) is 0 Å². The zero-order chi connectivity index (χ0) is 41.6. The maximum absolute atomic E-state index is 6.86. The molecular weight excluding hydrogens is 787 g/mol. The van der Waals surface area contributed by atoms with Crippen LogP contribution in [0, 0.1) is 0 Å². The number of fused-ring (bicyclic) bond motifs is 12. The van der Waals surface area contributed by atoms with Gasteiger partial charge in [-0.05, 0) is 85.8 Å². The Balaban J connectivity index is 0.973. The van der Waals surface area contributed by atoms with Crippen molar-refractivity contribution in [2.45, 2.75) is 22.5 Å². The van der Waals surface area contributed by atoms with Gasteiger partial charge in [0.25, 0.3) is 0 Å². The van der Waals surface area contributed by atoms with E-state index in [1.165, 1.54) is 48.3 Å². The Morgan fingerprint density at radius 2 is 1.05 bits per heavy atom. The molecule has 0 N–H and O–H groups in total. The number of aromatic nitrogens is 3. The summed E-state index contributed by atoms with van der Waals surface area (Å²) in [5.74, 6) is 2.13. The van der Waals surface area contributed by atoms with Crippen molar-refractivity contribution in [1.29, 1.82) is 0 Å². The van der Waals surface area contributed by atoms with Crippen LogP contribution in [0.1, 0.15) is 18.4 Å². The maximum Gasteiger partial charge on any atom is 0.164 e. The molecule has 11 aromatic rings. The molecule has 0 saturated carbocycles. The molecule has 0 fully saturated rings. The summed E-state index contributed by atoms with van der Waals surface area (Å²) in [7, 11) is 0. The highest BCUT2D eigenvalue weighted by atomic mass is 32.2. The molecule has 5 heteroatoms. The minimum absolute atomic E-state index is 0.00274. The molecule has 2 atom stereocenters. The van der Waals surface area contributed by atoms with Gasteiger partial charge in [0, 0.05) is 48.6 Å². The third kappa shape index (κ3) is 5.66. The van der Waals surface area contributed by atoms with Crippen LogP contribution < -0.4 is 0 Å². The number of benzene rings is 9. The van der Waals surface area contributed by atoms with Crippen LogP contribution in [0.25, 0.3) is 111 Å². The summed E-state index contributed by atoms with van der Waals surface area (Å²) in [5, 5.41) is 9.48. The number of allylic oxidation sites excluding steroid dienone is 3. The number of hydrogen-bond acceptors (Lipinski definition) is 5. The molecule has 2 aromatic heterocycles. The molecule has 13 rings (SSSR count). The van der Waals surface area contributed by atoms with E-state index < -0.39 is 0 Å². The summed E-state index contributed by atoms with van der Waals surface area (Å²) in [4.78, 5) is 17.0. The first-order valence-corrected chi connectivity index (χ1v) is 22.3. The molecule has 9 aromatic carbocycles. The van der Waals surface area contributed by atoms with Gasteiger partial charge in [-0.25, -0.2) is 15.0 Å². The Morgan fingerprint density at radius 1 is 0.460 bits per heavy atom. The Bertz CT molecular complexity index is 3720. The molecule has 4 nitrogen and oxygen atoms in total. The van der Waals surface area contributed by atoms with Crippen molar-refractivity contribution in [2.24, 2.45) is 0 Å². The summed E-state index contributed by atoms with van der Waals surface area (Å²) in [6.07, 6.45) is 9.06. The lowest BCUT2D eigenvalue weighted by Crippen LogP contribution is -2.22. The van der Waals surface area contributed by atoms with E-state index in [-0.39, 0.29) is 4.75 Å². The smallest absolute Gasteiger partial charge is 0.164 e. The van der Waals surface area contributed by atoms with Crippen LogP contribution >= 0.6 is 11.8 Å². The van der Waals surface area contributed by atoms with E-state index in [0.29, 0.717) is 23.4 Å². The van der Waals surface area contributed by atoms with Gasteiger partial charge in [-0.1, -0.05) is 176 Å². The first-order valence-electron chi connectivity index (χ1n) is 21.5. The Morgan fingerprint density at radius 3 is 1.86 bits per heavy atom. The van der Waals surface area contributed by atoms with Crippen LogP contribution in [0.5, 0.6) is 0 Å². The quantitative estimate of drug-likeness (QED) is 0.162. The molecular formula is C58H37N3OS. The van der Waals surface area contributed by atoms with Crippen molar-refractivity contribution in [3.8, 4) is 56.4 Å². The zero-order valence-electron chi connectivity index (χ0n) is 34.3. The summed E-state index contributed by atoms with van der Waals surface area (Å²) in [6, 6.07) is 62.5. The van der Waals surface area contributed by atoms with Gasteiger partial charge in [-0.3, -0.25) is 0 Å². The fourth-order valence-corrected chi connectivity index (χ4v) is 11.6. The van der Waals surface area contributed by atoms with Gasteiger partial charge in [0.2, 0.25) is 0 Å². The highest BCUT2D eigenvalue weighted by Crippen LogP contribution is 2.58. The topological polar surface area (TPSA) is 51.8 Å². The lowest BCUT2D eigenvalue weighted by Gasteiger charge is -2.28. The van der Waals surface area contributed by atoms with Crippen LogP contribution in [0.15, 0.2) is 210 Å². The average molecular weight is 824 g/mol. The number of furan rings is 1. The summed E-state index contributed by atoms with van der Waals surface area (Å²) in [5.41, 5.74) is 10.3. The third-order valence-corrected chi connectivity index (χ3v) is 14.5. The Hall–Kier alpha value is -7.60. The number of nitrogens with zero attached hydrogens (tertiary/aromatic N) is 3. The van der Waals surface area contributed by atoms with Gasteiger partial charge in [-0.15, -0.1) is 11.8 Å². The van der Waals surface area contributed by atoms with Crippen LogP contribution in [-0.4, -0.2) is 19.7 Å². The molecule has 0 bridgehead atoms. The van der Waals surface area contributed by atoms with Crippen molar-refractivity contribution < 1.29 is 4.42 Å². The molecule has 3 heterocycles. The van der Waals surface area contributed by atoms with E-state index in [0.717, 1.165) is 55.3 Å². The minimum atomic E-state index is -0.00274. The second-order valence-corrected chi connectivity index (χ2v) is 18.3. The molecule has 63 heavy (non-hydrogen) atoms. The van der Waals surface area contributed by atoms with Gasteiger partial charge in [0.15, 0.2) is 17.5 Å². The van der Waals surface area contributed by atoms with E-state index in [4.69, 9.17) is 19.4 Å². The maximum atomic E-state index is 6.86. The lowest BCUT2D eigenvalue weighted by atomic mass is 9.80. The Labute approximate surface area is 368 Å². The standard InChI is InChI=1S/C58H37N3OS/c1-58-32-10-9-27-49(58)53-39(23-14-29-51(53)63-58)36-17-11-18-38(33-36)56-59-55(35-15-3-2-4-16-35)60-57(61-56)47-26-13-28-50-52(47)46-25-12-24-40(54(46)62-50)37-30-31-45-43-21-6-5-19-41(43)42-20-7-8-22-44(42)48(45)34-37/h2-34,49H,1H3. The second-order valence-electron chi connectivity index (χ2n) is 16.8. The number of rotatable bonds is 5. The first-order chi connectivity index (χ1) is 31.1. The summed E-state index contributed by atoms with van der Waals surface area (Å²) >= 11 is 1.95. The first kappa shape index (κ1) is 36.1. The van der Waals surface area contributed by atoms with E-state index in [9.17, 15) is 0 Å². The fourth-order valence-electron chi connectivity index (χ4n) is 10.1. The average Bonchev–Trinajstić information content (AvgIpc) is 3.89. The van der Waals surface area contributed by atoms with E-state index >= 15 is 0 Å². The minimum Gasteiger partial charge on any atom is -0.455 e. The molecule has 0 radical (unpaired) electrons. The molecule has 0 amide bonds. The predicted octanol–water partition coefficient (Wildman–Crippen LogP) is 15.6. The second kappa shape index (κ2) is 14.0. The number of thioether (sulfide) groups is 1. The van der Waals surface area contributed by atoms with Crippen molar-refractivity contribution in [1.82, 2.24) is 15.0 Å². The van der Waals surface area contributed by atoms with Gasteiger partial charge in [-0.2, -0.15) is 0 Å². The molecule has 2 unspecified atom stereocenters. The predicted molar refractivity (Wildman–Crippen MR) is 262 cm³/mol. The van der Waals surface area contributed by atoms with Gasteiger partial charge in [0.1, 0.15) is 11.2 Å². The number of para-hydroxylation sites is 1. The highest BCUT2D eigenvalue weighted by Gasteiger charge is 2.42. The molecule has 1 aliphatic heterocycles. The molecule has 2 aliphatic rings. The van der Waals surface area contributed by atoms with E-state index in [1.807, 2.05) is 42.1 Å². The van der Waals surface area contributed by atoms with Gasteiger partial charge in [0.05, 0.1) is 0 Å². The molecule has 296 valence electrons. The van der Waals surface area contributed by atoms with Crippen molar-refractivity contribution >= 4 is 66.0 Å². The summed E-state index contributed by atoms with van der Waals surface area (Å²) < 4.78 is 6.86. The fraction of sp³-hybridized carbons (Fsp3) is 0.0517. The highest BCUT2D eigenvalue weighted by molar-refractivity contribution is 8.01. The normalized spacial score (nSPS) is 16.7. The monoisotopic (exact) mass is 823 g/mol.